The van der Waals surface area contributed by atoms with Crippen LogP contribution < -0.4 is 0 Å². The van der Waals surface area contributed by atoms with Crippen LogP contribution in [-0.2, 0) is 0 Å². The van der Waals surface area contributed by atoms with E-state index in [1.54, 1.807) is 13.0 Å². The van der Waals surface area contributed by atoms with E-state index in [0.717, 1.165) is 4.91 Å². The molecule has 1 nitrogen and oxygen atoms in total. The van der Waals surface area contributed by atoms with Crippen molar-refractivity contribution in [1.29, 1.82) is 0 Å². The minimum Gasteiger partial charge on any atom is -0.386 e. The van der Waals surface area contributed by atoms with Crippen LogP contribution in [0.5, 0.6) is 0 Å². The Morgan fingerprint density at radius 3 is 2.78 bits per heavy atom. The smallest absolute Gasteiger partial charge is 0.0837 e. The first-order valence-corrected chi connectivity index (χ1v) is 3.36. The van der Waals surface area contributed by atoms with E-state index in [1.165, 1.54) is 0 Å². The molecule has 9 heavy (non-hydrogen) atoms. The Labute approximate surface area is 60.5 Å². The fourth-order valence-corrected chi connectivity index (χ4v) is 0.878. The van der Waals surface area contributed by atoms with Crippen molar-refractivity contribution in [3.8, 4) is 0 Å². The maximum Gasteiger partial charge on any atom is 0.0837 e. The van der Waals surface area contributed by atoms with E-state index >= 15 is 0 Å². The number of allylic oxidation sites excluding steroid dienone is 1. The molecule has 0 radical (unpaired) electrons. The SMILES string of the molecule is CC1(O)C=CC(S)=CC1. The van der Waals surface area contributed by atoms with Gasteiger partial charge in [-0.25, -0.2) is 0 Å². The Kier molecular flexibility index (Phi) is 1.68. The summed E-state index contributed by atoms with van der Waals surface area (Å²) in [6.45, 7) is 1.78. The van der Waals surface area contributed by atoms with Crippen molar-refractivity contribution >= 4 is 12.6 Å². The molecule has 1 atom stereocenters. The highest BCUT2D eigenvalue weighted by Gasteiger charge is 2.16. The molecular formula is C7H10OS. The third-order valence-electron chi connectivity index (χ3n) is 1.34. The molecule has 1 unspecified atom stereocenters. The zero-order valence-corrected chi connectivity index (χ0v) is 6.23. The Balaban J connectivity index is 2.70. The Morgan fingerprint density at radius 1 is 1.78 bits per heavy atom. The molecule has 0 spiro atoms. The molecule has 0 bridgehead atoms. The summed E-state index contributed by atoms with van der Waals surface area (Å²) in [5.74, 6) is 0. The van der Waals surface area contributed by atoms with Gasteiger partial charge in [-0.1, -0.05) is 18.2 Å². The van der Waals surface area contributed by atoms with Gasteiger partial charge >= 0.3 is 0 Å². The van der Waals surface area contributed by atoms with Gasteiger partial charge in [-0.05, 0) is 18.2 Å². The molecule has 0 fully saturated rings. The van der Waals surface area contributed by atoms with Crippen molar-refractivity contribution in [2.45, 2.75) is 18.9 Å². The Morgan fingerprint density at radius 2 is 2.44 bits per heavy atom. The molecule has 0 aliphatic heterocycles. The van der Waals surface area contributed by atoms with E-state index in [2.05, 4.69) is 12.6 Å². The van der Waals surface area contributed by atoms with Gasteiger partial charge in [0.15, 0.2) is 0 Å². The summed E-state index contributed by atoms with van der Waals surface area (Å²) < 4.78 is 0. The quantitative estimate of drug-likeness (QED) is 0.491. The van der Waals surface area contributed by atoms with Crippen LogP contribution in [0.1, 0.15) is 13.3 Å². The second-order valence-corrected chi connectivity index (χ2v) is 3.04. The molecule has 2 heteroatoms. The van der Waals surface area contributed by atoms with Crippen LogP contribution in [0, 0.1) is 0 Å². The van der Waals surface area contributed by atoms with E-state index in [1.807, 2.05) is 12.2 Å². The lowest BCUT2D eigenvalue weighted by Gasteiger charge is -2.19. The number of hydrogen-bond acceptors (Lipinski definition) is 2. The lowest BCUT2D eigenvalue weighted by molar-refractivity contribution is 0.114. The van der Waals surface area contributed by atoms with E-state index in [4.69, 9.17) is 0 Å². The topological polar surface area (TPSA) is 20.2 Å². The minimum absolute atomic E-state index is 0.647. The predicted molar refractivity (Wildman–Crippen MR) is 41.4 cm³/mol. The van der Waals surface area contributed by atoms with E-state index < -0.39 is 5.60 Å². The van der Waals surface area contributed by atoms with Crippen LogP contribution in [0.15, 0.2) is 23.1 Å². The number of rotatable bonds is 0. The van der Waals surface area contributed by atoms with Crippen molar-refractivity contribution in [3.63, 3.8) is 0 Å². The summed E-state index contributed by atoms with van der Waals surface area (Å²) in [6.07, 6.45) is 6.15. The molecule has 1 aliphatic carbocycles. The van der Waals surface area contributed by atoms with Gasteiger partial charge in [-0.3, -0.25) is 0 Å². The standard InChI is InChI=1S/C7H10OS/c1-7(8)4-2-6(9)3-5-7/h2-4,8-9H,5H2,1H3. The predicted octanol–water partition coefficient (Wildman–Crippen LogP) is 1.51. The van der Waals surface area contributed by atoms with Crippen LogP contribution in [0.2, 0.25) is 0 Å². The second-order valence-electron chi connectivity index (χ2n) is 2.52. The van der Waals surface area contributed by atoms with Crippen molar-refractivity contribution in [1.82, 2.24) is 0 Å². The van der Waals surface area contributed by atoms with Crippen LogP contribution >= 0.6 is 12.6 Å². The van der Waals surface area contributed by atoms with Crippen molar-refractivity contribution in [3.05, 3.63) is 23.1 Å². The average molecular weight is 142 g/mol. The highest BCUT2D eigenvalue weighted by atomic mass is 32.1. The normalized spacial score (nSPS) is 34.3. The first-order valence-electron chi connectivity index (χ1n) is 2.91. The summed E-state index contributed by atoms with van der Waals surface area (Å²) in [4.78, 5) is 0.932. The monoisotopic (exact) mass is 142 g/mol. The van der Waals surface area contributed by atoms with Gasteiger partial charge in [0.05, 0.1) is 5.60 Å². The summed E-state index contributed by atoms with van der Waals surface area (Å²) in [7, 11) is 0. The van der Waals surface area contributed by atoms with Crippen LogP contribution in [0.4, 0.5) is 0 Å². The highest BCUT2D eigenvalue weighted by Crippen LogP contribution is 2.21. The molecule has 0 aromatic heterocycles. The number of thiol groups is 1. The minimum atomic E-state index is -0.647. The van der Waals surface area contributed by atoms with E-state index in [9.17, 15) is 5.11 Å². The zero-order valence-electron chi connectivity index (χ0n) is 5.33. The van der Waals surface area contributed by atoms with Crippen LogP contribution in [0.3, 0.4) is 0 Å². The highest BCUT2D eigenvalue weighted by molar-refractivity contribution is 7.84. The molecule has 1 rings (SSSR count). The average Bonchev–Trinajstić information content (AvgIpc) is 1.78. The zero-order chi connectivity index (χ0) is 6.91. The molecule has 0 saturated carbocycles. The molecule has 0 aromatic rings. The molecule has 0 aromatic carbocycles. The molecule has 1 N–H and O–H groups in total. The summed E-state index contributed by atoms with van der Waals surface area (Å²) in [5, 5.41) is 9.33. The van der Waals surface area contributed by atoms with Gasteiger partial charge in [0.1, 0.15) is 0 Å². The molecular weight excluding hydrogens is 132 g/mol. The molecule has 50 valence electrons. The van der Waals surface area contributed by atoms with Gasteiger partial charge in [0.2, 0.25) is 0 Å². The van der Waals surface area contributed by atoms with Crippen molar-refractivity contribution < 1.29 is 5.11 Å². The lowest BCUT2D eigenvalue weighted by Crippen LogP contribution is -2.20. The molecule has 0 heterocycles. The summed E-state index contributed by atoms with van der Waals surface area (Å²) in [6, 6.07) is 0. The van der Waals surface area contributed by atoms with Gasteiger partial charge in [0, 0.05) is 0 Å². The molecule has 0 saturated heterocycles. The first-order chi connectivity index (χ1) is 4.10. The summed E-state index contributed by atoms with van der Waals surface area (Å²) in [5.41, 5.74) is -0.647. The fraction of sp³-hybridized carbons (Fsp3) is 0.429. The summed E-state index contributed by atoms with van der Waals surface area (Å²) >= 11 is 4.10. The van der Waals surface area contributed by atoms with Gasteiger partial charge in [-0.2, -0.15) is 0 Å². The maximum atomic E-state index is 9.33. The Bertz CT molecular complexity index is 168. The largest absolute Gasteiger partial charge is 0.386 e. The number of hydrogen-bond donors (Lipinski definition) is 2. The van der Waals surface area contributed by atoms with Gasteiger partial charge < -0.3 is 5.11 Å². The second kappa shape index (κ2) is 2.20. The third kappa shape index (κ3) is 1.88. The van der Waals surface area contributed by atoms with Crippen molar-refractivity contribution in [2.24, 2.45) is 0 Å². The maximum absolute atomic E-state index is 9.33. The fourth-order valence-electron chi connectivity index (χ4n) is 0.712. The molecule has 1 aliphatic rings. The van der Waals surface area contributed by atoms with Crippen molar-refractivity contribution in [2.75, 3.05) is 0 Å². The van der Waals surface area contributed by atoms with E-state index in [0.29, 0.717) is 6.42 Å². The van der Waals surface area contributed by atoms with Gasteiger partial charge in [0.25, 0.3) is 0 Å². The molecule has 0 amide bonds. The number of aliphatic hydroxyl groups is 1. The Hall–Kier alpha value is -0.210. The van der Waals surface area contributed by atoms with Crippen LogP contribution in [-0.4, -0.2) is 10.7 Å². The lowest BCUT2D eigenvalue weighted by atomic mass is 9.98. The third-order valence-corrected chi connectivity index (χ3v) is 1.67. The van der Waals surface area contributed by atoms with E-state index in [-0.39, 0.29) is 0 Å². The van der Waals surface area contributed by atoms with Gasteiger partial charge in [-0.15, -0.1) is 12.6 Å². The van der Waals surface area contributed by atoms with Crippen LogP contribution in [0.25, 0.3) is 0 Å². The first kappa shape index (κ1) is 6.90.